The maximum atomic E-state index is 13.7. The number of amides is 3. The number of ether oxygens (including phenoxy) is 3. The molecule has 6 aliphatic rings. The summed E-state index contributed by atoms with van der Waals surface area (Å²) >= 11 is 0. The minimum absolute atomic E-state index is 0.0633. The first kappa shape index (κ1) is 40.4. The molecule has 6 fully saturated rings. The Hall–Kier alpha value is -3.32. The van der Waals surface area contributed by atoms with Crippen LogP contribution in [0.5, 0.6) is 5.75 Å². The Labute approximate surface area is 322 Å². The van der Waals surface area contributed by atoms with Gasteiger partial charge < -0.3 is 33.3 Å². The number of likely N-dealkylation sites (tertiary alicyclic amines) is 2. The quantitative estimate of drug-likeness (QED) is 0.224. The second kappa shape index (κ2) is 14.3. The van der Waals surface area contributed by atoms with Crippen LogP contribution in [-0.2, 0) is 34.8 Å². The summed E-state index contributed by atoms with van der Waals surface area (Å²) in [6, 6.07) is 3.17. The van der Waals surface area contributed by atoms with E-state index in [2.05, 4.69) is 20.8 Å². The predicted octanol–water partition coefficient (Wildman–Crippen LogP) is 5.91. The molecule has 6 atom stereocenters. The Morgan fingerprint density at radius 2 is 1.61 bits per heavy atom. The van der Waals surface area contributed by atoms with Gasteiger partial charge in [-0.2, -0.15) is 0 Å². The molecule has 3 amide bonds. The number of rotatable bonds is 9. The summed E-state index contributed by atoms with van der Waals surface area (Å²) < 4.78 is 31.0. The zero-order valence-corrected chi connectivity index (χ0v) is 34.6. The van der Waals surface area contributed by atoms with Gasteiger partial charge in [0, 0.05) is 27.1 Å². The van der Waals surface area contributed by atoms with E-state index in [4.69, 9.17) is 23.5 Å². The molecule has 298 valence electrons. The lowest BCUT2D eigenvalue weighted by Crippen LogP contribution is -2.65. The van der Waals surface area contributed by atoms with Crippen LogP contribution in [0.4, 0.5) is 4.79 Å². The second-order valence-corrected chi connectivity index (χ2v) is 19.4. The van der Waals surface area contributed by atoms with Crippen molar-refractivity contribution in [1.29, 1.82) is 0 Å². The fourth-order valence-electron chi connectivity index (χ4n) is 9.43. The fourth-order valence-corrected chi connectivity index (χ4v) is 9.43. The summed E-state index contributed by atoms with van der Waals surface area (Å²) in [5.74, 6) is 0.733. The zero-order valence-electron chi connectivity index (χ0n) is 34.6. The van der Waals surface area contributed by atoms with Crippen LogP contribution in [0, 0.1) is 30.1 Å². The van der Waals surface area contributed by atoms with Gasteiger partial charge in [0.15, 0.2) is 0 Å². The second-order valence-electron chi connectivity index (χ2n) is 19.4. The van der Waals surface area contributed by atoms with Gasteiger partial charge in [-0.1, -0.05) is 19.9 Å². The van der Waals surface area contributed by atoms with Gasteiger partial charge >= 0.3 is 19.2 Å². The maximum Gasteiger partial charge on any atom is 0.457 e. The van der Waals surface area contributed by atoms with Crippen LogP contribution in [0.15, 0.2) is 12.1 Å². The Balaban J connectivity index is 1.07. The average molecular weight is 752 g/mol. The molecule has 0 N–H and O–H groups in total. The molecule has 2 bridgehead atoms. The molecule has 1 aromatic carbocycles. The molecule has 3 saturated carbocycles. The van der Waals surface area contributed by atoms with Crippen molar-refractivity contribution in [2.75, 3.05) is 33.7 Å². The average Bonchev–Trinajstić information content (AvgIpc) is 3.60. The van der Waals surface area contributed by atoms with Crippen LogP contribution in [0.2, 0.25) is 6.32 Å². The molecule has 0 radical (unpaired) electrons. The van der Waals surface area contributed by atoms with Crippen LogP contribution in [0.3, 0.4) is 0 Å². The van der Waals surface area contributed by atoms with Gasteiger partial charge in [-0.05, 0) is 128 Å². The van der Waals surface area contributed by atoms with Gasteiger partial charge in [-0.3, -0.25) is 14.5 Å². The highest BCUT2D eigenvalue weighted by Crippen LogP contribution is 2.65. The molecule has 3 heterocycles. The summed E-state index contributed by atoms with van der Waals surface area (Å²) in [4.78, 5) is 57.7. The zero-order chi connectivity index (χ0) is 39.7. The first-order valence-corrected chi connectivity index (χ1v) is 19.8. The van der Waals surface area contributed by atoms with Crippen LogP contribution in [0.25, 0.3) is 0 Å². The lowest BCUT2D eigenvalue weighted by molar-refractivity contribution is -0.199. The van der Waals surface area contributed by atoms with E-state index in [1.54, 1.807) is 39.8 Å². The molecular formula is C41H62BN3O9. The van der Waals surface area contributed by atoms with Gasteiger partial charge in [-0.15, -0.1) is 0 Å². The summed E-state index contributed by atoms with van der Waals surface area (Å²) in [7, 11) is 3.02. The van der Waals surface area contributed by atoms with Crippen LogP contribution in [0.1, 0.15) is 109 Å². The number of likely N-dealkylation sites (N-methyl/N-ethyl adjacent to an activating group) is 1. The molecule has 3 aliphatic carbocycles. The number of esters is 1. The Kier molecular flexibility index (Phi) is 10.7. The Morgan fingerprint density at radius 1 is 0.944 bits per heavy atom. The fraction of sp³-hybridized carbons (Fsp3) is 0.756. The third-order valence-corrected chi connectivity index (χ3v) is 12.5. The lowest BCUT2D eigenvalue weighted by atomic mass is 9.43. The van der Waals surface area contributed by atoms with Gasteiger partial charge in [-0.25, -0.2) is 9.59 Å². The molecule has 54 heavy (non-hydrogen) atoms. The maximum absolute atomic E-state index is 13.7. The third kappa shape index (κ3) is 7.99. The van der Waals surface area contributed by atoms with Crippen LogP contribution >= 0.6 is 0 Å². The van der Waals surface area contributed by atoms with Crippen molar-refractivity contribution < 1.29 is 42.7 Å². The van der Waals surface area contributed by atoms with Crippen molar-refractivity contribution in [3.63, 3.8) is 0 Å². The topological polar surface area (TPSA) is 124 Å². The number of carbonyl (C=O) groups excluding carboxylic acids is 4. The number of nitrogens with zero attached hydrogens (tertiary/aromatic N) is 3. The van der Waals surface area contributed by atoms with E-state index >= 15 is 0 Å². The first-order valence-electron chi connectivity index (χ1n) is 19.8. The number of hydrogen-bond acceptors (Lipinski definition) is 9. The SMILES string of the molecule is Cc1c(CCB2O[C@@H]3C[C@@H]4C[C@@H](C4(C)C)[C@]3(C)O2)ccc(OC2CN(C(=O)C[C@H]3C[C@@H](C(=O)N(C)C)N(C(=O)OC(C)(C)C)C3)C2)c1C(=O)OC(C)(C)C. The summed E-state index contributed by atoms with van der Waals surface area (Å²) in [6.07, 6.45) is 3.46. The third-order valence-electron chi connectivity index (χ3n) is 12.5. The van der Waals surface area contributed by atoms with Crippen molar-refractivity contribution in [2.45, 2.75) is 143 Å². The van der Waals surface area contributed by atoms with Crippen molar-refractivity contribution in [3.8, 4) is 5.75 Å². The largest absolute Gasteiger partial charge is 0.486 e. The molecule has 3 saturated heterocycles. The van der Waals surface area contributed by atoms with Gasteiger partial charge in [0.05, 0.1) is 24.8 Å². The van der Waals surface area contributed by atoms with Gasteiger partial charge in [0.25, 0.3) is 0 Å². The highest BCUT2D eigenvalue weighted by molar-refractivity contribution is 6.45. The van der Waals surface area contributed by atoms with Crippen LogP contribution in [-0.4, -0.2) is 114 Å². The Morgan fingerprint density at radius 3 is 2.22 bits per heavy atom. The van der Waals surface area contributed by atoms with E-state index < -0.39 is 29.3 Å². The van der Waals surface area contributed by atoms with Crippen molar-refractivity contribution in [2.24, 2.45) is 23.2 Å². The van der Waals surface area contributed by atoms with E-state index in [9.17, 15) is 19.2 Å². The highest BCUT2D eigenvalue weighted by Gasteiger charge is 2.67. The molecule has 12 nitrogen and oxygen atoms in total. The summed E-state index contributed by atoms with van der Waals surface area (Å²) in [5.41, 5.74) is 0.818. The molecule has 3 aliphatic heterocycles. The Bertz CT molecular complexity index is 1640. The van der Waals surface area contributed by atoms with Crippen molar-refractivity contribution in [1.82, 2.24) is 14.7 Å². The van der Waals surface area contributed by atoms with Gasteiger partial charge in [0.2, 0.25) is 11.8 Å². The van der Waals surface area contributed by atoms with E-state index in [1.165, 1.54) is 16.2 Å². The first-order chi connectivity index (χ1) is 25.0. The predicted molar refractivity (Wildman–Crippen MR) is 204 cm³/mol. The monoisotopic (exact) mass is 751 g/mol. The smallest absolute Gasteiger partial charge is 0.457 e. The van der Waals surface area contributed by atoms with Gasteiger partial charge in [0.1, 0.15) is 34.7 Å². The molecule has 0 spiro atoms. The van der Waals surface area contributed by atoms with Crippen molar-refractivity contribution >= 4 is 31.0 Å². The molecule has 7 rings (SSSR count). The molecule has 1 aromatic rings. The molecule has 0 aromatic heterocycles. The standard InChI is InChI=1S/C41H62BN3O9/c1-24-26(15-16-42-53-32-20-27-19-31(40(27,8)9)41(32,10)54-42)13-14-30(34(24)36(48)51-38(2,3)4)50-28-22-44(23-28)33(46)18-25-17-29(35(47)43(11)12)45(21-25)37(49)52-39(5,6)7/h13-14,25,27-29,31-32H,15-23H2,1-12H3/t25-,27+,29+,31+,32-,41+/m1/s1. The van der Waals surface area contributed by atoms with E-state index in [-0.39, 0.29) is 61.0 Å². The van der Waals surface area contributed by atoms with Crippen LogP contribution < -0.4 is 4.74 Å². The summed E-state index contributed by atoms with van der Waals surface area (Å²) in [5, 5.41) is 0. The number of carbonyl (C=O) groups is 4. The number of benzene rings is 1. The van der Waals surface area contributed by atoms with E-state index in [0.717, 1.165) is 17.5 Å². The molecule has 0 unspecified atom stereocenters. The summed E-state index contributed by atoms with van der Waals surface area (Å²) in [6.45, 7) is 20.8. The molecular weight excluding hydrogens is 689 g/mol. The minimum Gasteiger partial charge on any atom is -0.486 e. The highest BCUT2D eigenvalue weighted by atomic mass is 16.7. The lowest BCUT2D eigenvalue weighted by Gasteiger charge is -2.64. The van der Waals surface area contributed by atoms with Crippen molar-refractivity contribution in [3.05, 3.63) is 28.8 Å². The minimum atomic E-state index is -0.708. The molecule has 13 heteroatoms. The number of hydrogen-bond donors (Lipinski definition) is 0. The number of aryl methyl sites for hydroxylation is 1. The normalized spacial score (nSPS) is 28.9. The van der Waals surface area contributed by atoms with E-state index in [1.807, 2.05) is 39.8 Å². The van der Waals surface area contributed by atoms with E-state index in [0.29, 0.717) is 55.4 Å².